The van der Waals surface area contributed by atoms with Gasteiger partial charge >= 0.3 is 6.03 Å². The summed E-state index contributed by atoms with van der Waals surface area (Å²) < 4.78 is 2.97. The van der Waals surface area contributed by atoms with Crippen molar-refractivity contribution in [3.8, 4) is 0 Å². The molecule has 2 heterocycles. The third kappa shape index (κ3) is 4.21. The number of imide groups is 2. The lowest BCUT2D eigenvalue weighted by atomic mass is 10.1. The van der Waals surface area contributed by atoms with E-state index >= 15 is 0 Å². The molecule has 0 aliphatic carbocycles. The van der Waals surface area contributed by atoms with Crippen molar-refractivity contribution < 1.29 is 14.4 Å². The summed E-state index contributed by atoms with van der Waals surface area (Å²) in [6, 6.07) is 26.9. The zero-order valence-corrected chi connectivity index (χ0v) is 22.0. The number of carbonyl (C=O) groups excluding carboxylic acids is 3. The highest BCUT2D eigenvalue weighted by Crippen LogP contribution is 2.29. The Labute approximate surface area is 227 Å². The molecule has 7 heteroatoms. The quantitative estimate of drug-likeness (QED) is 0.198. The maximum atomic E-state index is 13.5. The van der Waals surface area contributed by atoms with Crippen LogP contribution in [0.1, 0.15) is 16.7 Å². The van der Waals surface area contributed by atoms with Gasteiger partial charge in [0.15, 0.2) is 0 Å². The first-order valence-electron chi connectivity index (χ1n) is 12.1. The molecule has 4 aromatic carbocycles. The Morgan fingerprint density at radius 1 is 0.868 bits per heavy atom. The number of aromatic nitrogens is 1. The van der Waals surface area contributed by atoms with Crippen LogP contribution in [0.25, 0.3) is 27.8 Å². The lowest BCUT2D eigenvalue weighted by Gasteiger charge is -2.26. The summed E-state index contributed by atoms with van der Waals surface area (Å²) in [5.74, 6) is -1.37. The van der Waals surface area contributed by atoms with Crippen molar-refractivity contribution in [3.63, 3.8) is 0 Å². The van der Waals surface area contributed by atoms with Gasteiger partial charge in [-0.15, -0.1) is 0 Å². The second kappa shape index (κ2) is 9.43. The summed E-state index contributed by atoms with van der Waals surface area (Å²) in [6.45, 7) is 2.49. The summed E-state index contributed by atoms with van der Waals surface area (Å²) >= 11 is 3.44. The van der Waals surface area contributed by atoms with Crippen LogP contribution in [-0.2, 0) is 16.1 Å². The average Bonchev–Trinajstić information content (AvgIpc) is 3.25. The minimum atomic E-state index is -0.766. The van der Waals surface area contributed by atoms with Crippen LogP contribution in [0, 0.1) is 6.92 Å². The molecule has 1 aromatic heterocycles. The average molecular weight is 564 g/mol. The minimum Gasteiger partial charge on any atom is -0.342 e. The number of nitrogens with zero attached hydrogens (tertiary/aromatic N) is 2. The first kappa shape index (κ1) is 23.9. The van der Waals surface area contributed by atoms with Gasteiger partial charge in [0, 0.05) is 33.7 Å². The molecule has 0 bridgehead atoms. The maximum Gasteiger partial charge on any atom is 0.335 e. The molecule has 0 radical (unpaired) electrons. The Balaban J connectivity index is 1.40. The number of hydrogen-bond donors (Lipinski definition) is 1. The number of halogens is 1. The molecule has 38 heavy (non-hydrogen) atoms. The van der Waals surface area contributed by atoms with Crippen molar-refractivity contribution in [2.75, 3.05) is 4.90 Å². The number of amides is 4. The van der Waals surface area contributed by atoms with Gasteiger partial charge in [-0.2, -0.15) is 0 Å². The number of nitrogens with one attached hydrogen (secondary N) is 1. The zero-order chi connectivity index (χ0) is 26.4. The molecule has 1 fully saturated rings. The summed E-state index contributed by atoms with van der Waals surface area (Å²) in [6.07, 6.45) is 3.51. The Kier molecular flexibility index (Phi) is 5.93. The molecular weight excluding hydrogens is 542 g/mol. The minimum absolute atomic E-state index is 0.0984. The van der Waals surface area contributed by atoms with E-state index in [4.69, 9.17) is 0 Å². The van der Waals surface area contributed by atoms with Crippen LogP contribution in [0.3, 0.4) is 0 Å². The van der Waals surface area contributed by atoms with Crippen LogP contribution in [0.5, 0.6) is 0 Å². The lowest BCUT2D eigenvalue weighted by molar-refractivity contribution is -0.122. The number of benzene rings is 4. The van der Waals surface area contributed by atoms with E-state index in [1.807, 2.05) is 49.5 Å². The molecule has 0 atom stereocenters. The number of rotatable bonds is 4. The molecule has 5 aromatic rings. The first-order valence-corrected chi connectivity index (χ1v) is 12.9. The highest BCUT2D eigenvalue weighted by molar-refractivity contribution is 9.10. The molecule has 0 spiro atoms. The van der Waals surface area contributed by atoms with Gasteiger partial charge in [0.25, 0.3) is 11.8 Å². The van der Waals surface area contributed by atoms with E-state index in [1.165, 1.54) is 10.8 Å². The molecular formula is C31H22BrN3O3. The van der Waals surface area contributed by atoms with Crippen molar-refractivity contribution in [1.82, 2.24) is 9.88 Å². The Hall–Kier alpha value is -4.49. The third-order valence-electron chi connectivity index (χ3n) is 6.79. The molecule has 1 saturated heterocycles. The van der Waals surface area contributed by atoms with E-state index in [1.54, 1.807) is 24.3 Å². The van der Waals surface area contributed by atoms with Crippen molar-refractivity contribution in [2.45, 2.75) is 13.5 Å². The smallest absolute Gasteiger partial charge is 0.335 e. The maximum absolute atomic E-state index is 13.5. The van der Waals surface area contributed by atoms with Crippen LogP contribution in [0.15, 0.2) is 101 Å². The SMILES string of the molecule is Cc1cc(N2C(=O)NC(=O)/C(=C\c3cn(Cc4ccc5ccccc5c4)c4ccccc34)C2=O)ccc1Br. The van der Waals surface area contributed by atoms with E-state index in [2.05, 4.69) is 56.1 Å². The molecule has 6 rings (SSSR count). The van der Waals surface area contributed by atoms with Gasteiger partial charge in [0.1, 0.15) is 5.57 Å². The van der Waals surface area contributed by atoms with Gasteiger partial charge in [-0.3, -0.25) is 14.9 Å². The van der Waals surface area contributed by atoms with Crippen molar-refractivity contribution >= 4 is 67.2 Å². The number of para-hydroxylation sites is 1. The molecule has 6 nitrogen and oxygen atoms in total. The Morgan fingerprint density at radius 2 is 1.63 bits per heavy atom. The van der Waals surface area contributed by atoms with Gasteiger partial charge in [0.05, 0.1) is 5.69 Å². The predicted octanol–water partition coefficient (Wildman–Crippen LogP) is 6.58. The molecule has 1 aliphatic rings. The number of fused-ring (bicyclic) bond motifs is 2. The Bertz CT molecular complexity index is 1820. The van der Waals surface area contributed by atoms with E-state index in [9.17, 15) is 14.4 Å². The van der Waals surface area contributed by atoms with Gasteiger partial charge < -0.3 is 4.57 Å². The van der Waals surface area contributed by atoms with Crippen LogP contribution in [-0.4, -0.2) is 22.4 Å². The van der Waals surface area contributed by atoms with Crippen LogP contribution >= 0.6 is 15.9 Å². The molecule has 0 unspecified atom stereocenters. The fraction of sp³-hybridized carbons (Fsp3) is 0.0645. The molecule has 1 aliphatic heterocycles. The number of carbonyl (C=O) groups is 3. The van der Waals surface area contributed by atoms with Crippen LogP contribution < -0.4 is 10.2 Å². The topological polar surface area (TPSA) is 71.4 Å². The molecule has 4 amide bonds. The van der Waals surface area contributed by atoms with E-state index in [-0.39, 0.29) is 5.57 Å². The van der Waals surface area contributed by atoms with Crippen LogP contribution in [0.4, 0.5) is 10.5 Å². The summed E-state index contributed by atoms with van der Waals surface area (Å²) in [5.41, 5.74) is 4.00. The van der Waals surface area contributed by atoms with Crippen molar-refractivity contribution in [1.29, 1.82) is 0 Å². The van der Waals surface area contributed by atoms with Gasteiger partial charge in [-0.1, -0.05) is 70.5 Å². The van der Waals surface area contributed by atoms with E-state index in [0.717, 1.165) is 37.0 Å². The van der Waals surface area contributed by atoms with Gasteiger partial charge in [-0.05, 0) is 65.2 Å². The monoisotopic (exact) mass is 563 g/mol. The number of barbiturate groups is 1. The van der Waals surface area contributed by atoms with Crippen molar-refractivity contribution in [2.24, 2.45) is 0 Å². The molecule has 1 N–H and O–H groups in total. The zero-order valence-electron chi connectivity index (χ0n) is 20.4. The normalized spacial score (nSPS) is 15.1. The Morgan fingerprint density at radius 3 is 2.45 bits per heavy atom. The van der Waals surface area contributed by atoms with E-state index in [0.29, 0.717) is 12.2 Å². The highest BCUT2D eigenvalue weighted by Gasteiger charge is 2.37. The fourth-order valence-corrected chi connectivity index (χ4v) is 5.12. The number of anilines is 1. The number of hydrogen-bond acceptors (Lipinski definition) is 3. The van der Waals surface area contributed by atoms with Gasteiger partial charge in [0.2, 0.25) is 0 Å². The third-order valence-corrected chi connectivity index (χ3v) is 7.68. The highest BCUT2D eigenvalue weighted by atomic mass is 79.9. The number of aryl methyl sites for hydroxylation is 1. The van der Waals surface area contributed by atoms with Crippen LogP contribution in [0.2, 0.25) is 0 Å². The van der Waals surface area contributed by atoms with E-state index < -0.39 is 17.8 Å². The fourth-order valence-electron chi connectivity index (χ4n) is 4.87. The number of urea groups is 1. The second-order valence-corrected chi connectivity index (χ2v) is 10.2. The summed E-state index contributed by atoms with van der Waals surface area (Å²) in [4.78, 5) is 39.9. The lowest BCUT2D eigenvalue weighted by Crippen LogP contribution is -2.54. The largest absolute Gasteiger partial charge is 0.342 e. The molecule has 0 saturated carbocycles. The molecule has 186 valence electrons. The van der Waals surface area contributed by atoms with Gasteiger partial charge in [-0.25, -0.2) is 9.69 Å². The van der Waals surface area contributed by atoms with Crippen molar-refractivity contribution in [3.05, 3.63) is 118 Å². The second-order valence-electron chi connectivity index (χ2n) is 9.30. The summed E-state index contributed by atoms with van der Waals surface area (Å²) in [5, 5.41) is 5.57. The summed E-state index contributed by atoms with van der Waals surface area (Å²) in [7, 11) is 0. The predicted molar refractivity (Wildman–Crippen MR) is 153 cm³/mol. The first-order chi connectivity index (χ1) is 18.4. The standard InChI is InChI=1S/C31H22BrN3O3/c1-19-14-24(12-13-27(19)32)35-30(37)26(29(36)33-31(35)38)16-23-18-34(28-9-5-4-8-25(23)28)17-20-10-11-21-6-2-3-7-22(21)15-20/h2-16,18H,17H2,1H3,(H,33,36,38)/b26-16+.